The van der Waals surface area contributed by atoms with Crippen LogP contribution in [0.15, 0.2) is 41.4 Å². The van der Waals surface area contributed by atoms with E-state index in [-0.39, 0.29) is 10.8 Å². The Balaban J connectivity index is 1.91. The Hall–Kier alpha value is -2.50. The Bertz CT molecular complexity index is 1010. The van der Waals surface area contributed by atoms with Crippen LogP contribution in [-0.2, 0) is 14.6 Å². The fourth-order valence-electron chi connectivity index (χ4n) is 3.09. The number of carbonyl (C=O) groups is 1. The third kappa shape index (κ3) is 4.81. The molecule has 2 aromatic rings. The van der Waals surface area contributed by atoms with Gasteiger partial charge in [0.1, 0.15) is 10.9 Å². The average molecular weight is 402 g/mol. The van der Waals surface area contributed by atoms with Gasteiger partial charge in [-0.2, -0.15) is 5.26 Å². The van der Waals surface area contributed by atoms with Gasteiger partial charge in [-0.3, -0.25) is 10.1 Å². The molecule has 1 aromatic heterocycles. The van der Waals surface area contributed by atoms with Crippen molar-refractivity contribution in [3.63, 3.8) is 0 Å². The SMILES string of the molecule is CS(=O)(=O)c1ccc(/C(=C\C2CCCC2)C(=O)Nc2ncc(C#N)s2)cc1. The van der Waals surface area contributed by atoms with Crippen LogP contribution in [0.25, 0.3) is 5.57 Å². The lowest BCUT2D eigenvalue weighted by atomic mass is 9.98. The van der Waals surface area contributed by atoms with Gasteiger partial charge in [-0.1, -0.05) is 42.4 Å². The van der Waals surface area contributed by atoms with E-state index in [1.807, 2.05) is 12.1 Å². The number of amides is 1. The number of nitrogens with one attached hydrogen (secondary N) is 1. The molecule has 0 unspecified atom stereocenters. The monoisotopic (exact) mass is 401 g/mol. The van der Waals surface area contributed by atoms with Gasteiger partial charge in [0, 0.05) is 11.8 Å². The molecular weight excluding hydrogens is 382 g/mol. The number of hydrogen-bond donors (Lipinski definition) is 1. The van der Waals surface area contributed by atoms with Crippen molar-refractivity contribution in [2.45, 2.75) is 30.6 Å². The van der Waals surface area contributed by atoms with E-state index in [0.717, 1.165) is 43.3 Å². The molecule has 0 bridgehead atoms. The largest absolute Gasteiger partial charge is 0.298 e. The summed E-state index contributed by atoms with van der Waals surface area (Å²) >= 11 is 1.11. The summed E-state index contributed by atoms with van der Waals surface area (Å²) in [5.41, 5.74) is 1.15. The molecule has 0 radical (unpaired) electrons. The Kier molecular flexibility index (Phi) is 5.73. The van der Waals surface area contributed by atoms with Crippen LogP contribution >= 0.6 is 11.3 Å². The summed E-state index contributed by atoms with van der Waals surface area (Å²) in [6.45, 7) is 0. The minimum Gasteiger partial charge on any atom is -0.298 e. The lowest BCUT2D eigenvalue weighted by molar-refractivity contribution is -0.111. The summed E-state index contributed by atoms with van der Waals surface area (Å²) in [7, 11) is -3.30. The summed E-state index contributed by atoms with van der Waals surface area (Å²) in [6.07, 6.45) is 8.89. The summed E-state index contributed by atoms with van der Waals surface area (Å²) in [4.78, 5) is 17.5. The van der Waals surface area contributed by atoms with E-state index in [9.17, 15) is 13.2 Å². The topological polar surface area (TPSA) is 99.9 Å². The first-order valence-corrected chi connectivity index (χ1v) is 11.3. The van der Waals surface area contributed by atoms with Crippen molar-refractivity contribution in [2.75, 3.05) is 11.6 Å². The van der Waals surface area contributed by atoms with Gasteiger partial charge in [0.25, 0.3) is 5.91 Å². The quantitative estimate of drug-likeness (QED) is 0.771. The number of carbonyl (C=O) groups excluding carboxylic acids is 1. The van der Waals surface area contributed by atoms with Crippen molar-refractivity contribution in [3.8, 4) is 6.07 Å². The first kappa shape index (κ1) is 19.3. The molecule has 6 nitrogen and oxygen atoms in total. The molecule has 1 aliphatic rings. The maximum Gasteiger partial charge on any atom is 0.257 e. The molecule has 1 fully saturated rings. The number of nitrogens with zero attached hydrogens (tertiary/aromatic N) is 2. The maximum absolute atomic E-state index is 12.9. The maximum atomic E-state index is 12.9. The van der Waals surface area contributed by atoms with Gasteiger partial charge >= 0.3 is 0 Å². The second-order valence-corrected chi connectivity index (χ2v) is 9.56. The molecule has 1 amide bonds. The fourth-order valence-corrected chi connectivity index (χ4v) is 4.33. The lowest BCUT2D eigenvalue weighted by Gasteiger charge is -2.11. The number of nitriles is 1. The zero-order valence-electron chi connectivity index (χ0n) is 14.8. The van der Waals surface area contributed by atoms with E-state index in [1.165, 1.54) is 18.3 Å². The molecule has 27 heavy (non-hydrogen) atoms. The summed E-state index contributed by atoms with van der Waals surface area (Å²) in [6, 6.07) is 8.32. The highest BCUT2D eigenvalue weighted by Crippen LogP contribution is 2.30. The molecule has 140 valence electrons. The Morgan fingerprint density at radius 1 is 1.30 bits per heavy atom. The number of benzene rings is 1. The highest BCUT2D eigenvalue weighted by atomic mass is 32.2. The predicted octanol–water partition coefficient (Wildman–Crippen LogP) is 3.63. The molecule has 1 aliphatic carbocycles. The van der Waals surface area contributed by atoms with Crippen LogP contribution in [0.3, 0.4) is 0 Å². The van der Waals surface area contributed by atoms with Crippen molar-refractivity contribution in [3.05, 3.63) is 47.0 Å². The molecule has 0 spiro atoms. The fraction of sp³-hybridized carbons (Fsp3) is 0.316. The van der Waals surface area contributed by atoms with Gasteiger partial charge in [0.2, 0.25) is 0 Å². The van der Waals surface area contributed by atoms with E-state index < -0.39 is 9.84 Å². The Labute approximate surface area is 162 Å². The van der Waals surface area contributed by atoms with E-state index in [0.29, 0.717) is 27.1 Å². The third-order valence-electron chi connectivity index (χ3n) is 4.48. The molecule has 0 atom stereocenters. The van der Waals surface area contributed by atoms with Crippen molar-refractivity contribution < 1.29 is 13.2 Å². The first-order chi connectivity index (χ1) is 12.9. The predicted molar refractivity (Wildman–Crippen MR) is 105 cm³/mol. The number of rotatable bonds is 5. The number of anilines is 1. The minimum atomic E-state index is -3.30. The number of hydrogen-bond acceptors (Lipinski definition) is 6. The van der Waals surface area contributed by atoms with Crippen LogP contribution in [0.2, 0.25) is 0 Å². The van der Waals surface area contributed by atoms with Crippen LogP contribution in [0.5, 0.6) is 0 Å². The average Bonchev–Trinajstić information content (AvgIpc) is 3.30. The van der Waals surface area contributed by atoms with Crippen LogP contribution in [0.1, 0.15) is 36.1 Å². The molecule has 1 saturated carbocycles. The van der Waals surface area contributed by atoms with Crippen molar-refractivity contribution in [2.24, 2.45) is 5.92 Å². The van der Waals surface area contributed by atoms with Gasteiger partial charge in [0.05, 0.1) is 11.1 Å². The molecule has 3 rings (SSSR count). The minimum absolute atomic E-state index is 0.213. The molecule has 0 aliphatic heterocycles. The Morgan fingerprint density at radius 3 is 2.52 bits per heavy atom. The van der Waals surface area contributed by atoms with E-state index >= 15 is 0 Å². The van der Waals surface area contributed by atoms with Crippen LogP contribution in [-0.4, -0.2) is 25.6 Å². The van der Waals surface area contributed by atoms with Gasteiger partial charge in [-0.15, -0.1) is 0 Å². The molecule has 1 heterocycles. The zero-order chi connectivity index (χ0) is 19.4. The Morgan fingerprint density at radius 2 is 1.96 bits per heavy atom. The van der Waals surface area contributed by atoms with Gasteiger partial charge in [-0.05, 0) is 36.5 Å². The van der Waals surface area contributed by atoms with Crippen molar-refractivity contribution in [1.29, 1.82) is 5.26 Å². The molecule has 0 saturated heterocycles. The standard InChI is InChI=1S/C19H19N3O3S2/c1-27(24,25)16-8-6-14(7-9-16)17(10-13-4-2-3-5-13)18(23)22-19-21-12-15(11-20)26-19/h6-10,12-13H,2-5H2,1H3,(H,21,22,23)/b17-10+. The van der Waals surface area contributed by atoms with Crippen LogP contribution in [0, 0.1) is 17.2 Å². The molecular formula is C19H19N3O3S2. The zero-order valence-corrected chi connectivity index (χ0v) is 16.4. The number of sulfone groups is 1. The molecule has 8 heteroatoms. The van der Waals surface area contributed by atoms with E-state index in [2.05, 4.69) is 10.3 Å². The molecule has 1 N–H and O–H groups in total. The smallest absolute Gasteiger partial charge is 0.257 e. The van der Waals surface area contributed by atoms with Crippen molar-refractivity contribution in [1.82, 2.24) is 4.98 Å². The highest BCUT2D eigenvalue weighted by Gasteiger charge is 2.20. The number of aromatic nitrogens is 1. The summed E-state index contributed by atoms with van der Waals surface area (Å²) < 4.78 is 23.3. The van der Waals surface area contributed by atoms with Gasteiger partial charge < -0.3 is 0 Å². The van der Waals surface area contributed by atoms with Crippen molar-refractivity contribution >= 4 is 37.8 Å². The molecule has 1 aromatic carbocycles. The third-order valence-corrected chi connectivity index (χ3v) is 6.42. The van der Waals surface area contributed by atoms with E-state index in [1.54, 1.807) is 12.1 Å². The summed E-state index contributed by atoms with van der Waals surface area (Å²) in [5.74, 6) is 0.0131. The normalized spacial score (nSPS) is 15.5. The number of allylic oxidation sites excluding steroid dienone is 1. The van der Waals surface area contributed by atoms with Gasteiger partial charge in [0.15, 0.2) is 15.0 Å². The van der Waals surface area contributed by atoms with Crippen LogP contribution in [0.4, 0.5) is 5.13 Å². The summed E-state index contributed by atoms with van der Waals surface area (Å²) in [5, 5.41) is 12.0. The highest BCUT2D eigenvalue weighted by molar-refractivity contribution is 7.90. The first-order valence-electron chi connectivity index (χ1n) is 8.56. The van der Waals surface area contributed by atoms with E-state index in [4.69, 9.17) is 5.26 Å². The second kappa shape index (κ2) is 8.03. The number of thiazole rings is 1. The van der Waals surface area contributed by atoms with Gasteiger partial charge in [-0.25, -0.2) is 13.4 Å². The van der Waals surface area contributed by atoms with Crippen LogP contribution < -0.4 is 5.32 Å². The second-order valence-electron chi connectivity index (χ2n) is 6.52. The lowest BCUT2D eigenvalue weighted by Crippen LogP contribution is -2.14.